The first-order valence-electron chi connectivity index (χ1n) is 9.95. The predicted molar refractivity (Wildman–Crippen MR) is 109 cm³/mol. The summed E-state index contributed by atoms with van der Waals surface area (Å²) in [5, 5.41) is 3.18. The Labute approximate surface area is 162 Å². The number of amides is 1. The fourth-order valence-electron chi connectivity index (χ4n) is 3.63. The maximum atomic E-state index is 12.6. The molecule has 27 heavy (non-hydrogen) atoms. The van der Waals surface area contributed by atoms with Gasteiger partial charge in [0.05, 0.1) is 12.6 Å². The highest BCUT2D eigenvalue weighted by Crippen LogP contribution is 2.22. The molecule has 1 aliphatic rings. The van der Waals surface area contributed by atoms with Crippen LogP contribution >= 0.6 is 0 Å². The van der Waals surface area contributed by atoms with E-state index in [0.29, 0.717) is 6.61 Å². The smallest absolute Gasteiger partial charge is 0.223 e. The van der Waals surface area contributed by atoms with E-state index in [0.717, 1.165) is 43.8 Å². The van der Waals surface area contributed by atoms with Crippen molar-refractivity contribution in [2.45, 2.75) is 39.3 Å². The van der Waals surface area contributed by atoms with Gasteiger partial charge in [0.15, 0.2) is 0 Å². The zero-order valence-corrected chi connectivity index (χ0v) is 16.4. The summed E-state index contributed by atoms with van der Waals surface area (Å²) < 4.78 is 5.50. The number of carbonyl (C=O) groups excluding carboxylic acids is 1. The lowest BCUT2D eigenvalue weighted by Gasteiger charge is -2.32. The molecular weight excluding hydrogens is 336 g/mol. The number of hydrogen-bond acceptors (Lipinski definition) is 3. The Morgan fingerprint density at radius 2 is 1.78 bits per heavy atom. The fourth-order valence-corrected chi connectivity index (χ4v) is 3.63. The van der Waals surface area contributed by atoms with Gasteiger partial charge >= 0.3 is 0 Å². The lowest BCUT2D eigenvalue weighted by Crippen LogP contribution is -2.40. The molecule has 1 aliphatic heterocycles. The zero-order valence-electron chi connectivity index (χ0n) is 16.4. The molecule has 0 bridgehead atoms. The molecule has 144 valence electrons. The summed E-state index contributed by atoms with van der Waals surface area (Å²) in [4.78, 5) is 15.0. The van der Waals surface area contributed by atoms with Crippen LogP contribution in [0.1, 0.15) is 43.9 Å². The minimum atomic E-state index is 0.0561. The minimum absolute atomic E-state index is 0.0561. The molecule has 4 heteroatoms. The fraction of sp³-hybridized carbons (Fsp3) is 0.435. The van der Waals surface area contributed by atoms with Crippen LogP contribution in [0.25, 0.3) is 0 Å². The van der Waals surface area contributed by atoms with Crippen molar-refractivity contribution in [3.63, 3.8) is 0 Å². The number of ether oxygens (including phenoxy) is 1. The number of likely N-dealkylation sites (tertiary alicyclic amines) is 1. The Hall–Kier alpha value is -2.33. The highest BCUT2D eigenvalue weighted by atomic mass is 16.5. The Kier molecular flexibility index (Phi) is 6.88. The predicted octanol–water partition coefficient (Wildman–Crippen LogP) is 4.17. The standard InChI is InChI=1S/C23H30N2O2/c1-3-27-22-11-9-19(10-12-22)17-25-15-13-21(14-16-25)23(26)24-18(2)20-7-5-4-6-8-20/h4-12,18,21H,3,13-17H2,1-2H3,(H,24,26)/t18-/m1/s1. The molecule has 0 aromatic heterocycles. The van der Waals surface area contributed by atoms with Crippen molar-refractivity contribution >= 4 is 5.91 Å². The quantitative estimate of drug-likeness (QED) is 0.799. The first-order chi connectivity index (χ1) is 13.2. The second kappa shape index (κ2) is 9.56. The number of rotatable bonds is 7. The van der Waals surface area contributed by atoms with Gasteiger partial charge in [-0.1, -0.05) is 42.5 Å². The van der Waals surface area contributed by atoms with Gasteiger partial charge in [-0.2, -0.15) is 0 Å². The molecule has 1 heterocycles. The number of nitrogens with one attached hydrogen (secondary N) is 1. The maximum absolute atomic E-state index is 12.6. The van der Waals surface area contributed by atoms with Gasteiger partial charge in [-0.15, -0.1) is 0 Å². The van der Waals surface area contributed by atoms with Crippen molar-refractivity contribution < 1.29 is 9.53 Å². The monoisotopic (exact) mass is 366 g/mol. The number of carbonyl (C=O) groups is 1. The van der Waals surface area contributed by atoms with Crippen LogP contribution in [0.3, 0.4) is 0 Å². The molecule has 0 spiro atoms. The van der Waals surface area contributed by atoms with Crippen LogP contribution in [0, 0.1) is 5.92 Å². The summed E-state index contributed by atoms with van der Waals surface area (Å²) in [6.45, 7) is 7.60. The van der Waals surface area contributed by atoms with Crippen LogP contribution in [-0.2, 0) is 11.3 Å². The van der Waals surface area contributed by atoms with E-state index in [2.05, 4.69) is 34.5 Å². The number of piperidine rings is 1. The van der Waals surface area contributed by atoms with Gasteiger partial charge in [-0.3, -0.25) is 9.69 Å². The van der Waals surface area contributed by atoms with Crippen LogP contribution in [0.4, 0.5) is 0 Å². The van der Waals surface area contributed by atoms with E-state index in [1.54, 1.807) is 0 Å². The third-order valence-corrected chi connectivity index (χ3v) is 5.26. The van der Waals surface area contributed by atoms with Gasteiger partial charge < -0.3 is 10.1 Å². The van der Waals surface area contributed by atoms with Crippen LogP contribution in [-0.4, -0.2) is 30.5 Å². The van der Waals surface area contributed by atoms with E-state index in [-0.39, 0.29) is 17.9 Å². The Bertz CT molecular complexity index is 707. The van der Waals surface area contributed by atoms with Crippen molar-refractivity contribution in [2.24, 2.45) is 5.92 Å². The van der Waals surface area contributed by atoms with Crippen molar-refractivity contribution in [3.8, 4) is 5.75 Å². The Morgan fingerprint density at radius 1 is 1.11 bits per heavy atom. The van der Waals surface area contributed by atoms with Crippen LogP contribution < -0.4 is 10.1 Å². The third kappa shape index (κ3) is 5.57. The molecule has 4 nitrogen and oxygen atoms in total. The summed E-state index contributed by atoms with van der Waals surface area (Å²) in [5.74, 6) is 1.23. The second-order valence-corrected chi connectivity index (χ2v) is 7.27. The van der Waals surface area contributed by atoms with E-state index >= 15 is 0 Å². The Morgan fingerprint density at radius 3 is 2.41 bits per heavy atom. The second-order valence-electron chi connectivity index (χ2n) is 7.27. The first-order valence-corrected chi connectivity index (χ1v) is 9.95. The average molecular weight is 367 g/mol. The van der Waals surface area contributed by atoms with Crippen LogP contribution in [0.5, 0.6) is 5.75 Å². The SMILES string of the molecule is CCOc1ccc(CN2CCC(C(=O)N[C@H](C)c3ccccc3)CC2)cc1. The van der Waals surface area contributed by atoms with E-state index in [1.165, 1.54) is 5.56 Å². The average Bonchev–Trinajstić information content (AvgIpc) is 2.71. The molecule has 2 aromatic rings. The highest BCUT2D eigenvalue weighted by Gasteiger charge is 2.25. The highest BCUT2D eigenvalue weighted by molar-refractivity contribution is 5.79. The van der Waals surface area contributed by atoms with Crippen LogP contribution in [0.15, 0.2) is 54.6 Å². The van der Waals surface area contributed by atoms with Gasteiger partial charge in [0.2, 0.25) is 5.91 Å². The van der Waals surface area contributed by atoms with E-state index in [9.17, 15) is 4.79 Å². The lowest BCUT2D eigenvalue weighted by atomic mass is 9.95. The molecule has 1 saturated heterocycles. The maximum Gasteiger partial charge on any atom is 0.223 e. The van der Waals surface area contributed by atoms with Gasteiger partial charge in [-0.05, 0) is 63.0 Å². The van der Waals surface area contributed by atoms with Crippen molar-refractivity contribution in [1.29, 1.82) is 0 Å². The van der Waals surface area contributed by atoms with E-state index in [1.807, 2.05) is 44.2 Å². The molecule has 1 fully saturated rings. The van der Waals surface area contributed by atoms with Gasteiger partial charge in [0.1, 0.15) is 5.75 Å². The molecule has 1 N–H and O–H groups in total. The molecule has 1 atom stereocenters. The molecule has 3 rings (SSSR count). The lowest BCUT2D eigenvalue weighted by molar-refractivity contribution is -0.127. The summed E-state index contributed by atoms with van der Waals surface area (Å²) in [7, 11) is 0. The summed E-state index contributed by atoms with van der Waals surface area (Å²) >= 11 is 0. The summed E-state index contributed by atoms with van der Waals surface area (Å²) in [6.07, 6.45) is 1.84. The summed E-state index contributed by atoms with van der Waals surface area (Å²) in [5.41, 5.74) is 2.44. The van der Waals surface area contributed by atoms with Gasteiger partial charge in [-0.25, -0.2) is 0 Å². The normalized spacial score (nSPS) is 16.7. The van der Waals surface area contributed by atoms with Gasteiger partial charge in [0.25, 0.3) is 0 Å². The first kappa shape index (κ1) is 19.4. The minimum Gasteiger partial charge on any atom is -0.494 e. The number of benzene rings is 2. The van der Waals surface area contributed by atoms with Crippen molar-refractivity contribution in [1.82, 2.24) is 10.2 Å². The van der Waals surface area contributed by atoms with Crippen molar-refractivity contribution in [3.05, 3.63) is 65.7 Å². The summed E-state index contributed by atoms with van der Waals surface area (Å²) in [6, 6.07) is 18.5. The molecule has 1 amide bonds. The zero-order chi connectivity index (χ0) is 19.1. The van der Waals surface area contributed by atoms with Crippen molar-refractivity contribution in [2.75, 3.05) is 19.7 Å². The largest absolute Gasteiger partial charge is 0.494 e. The molecule has 0 unspecified atom stereocenters. The number of nitrogens with zero attached hydrogens (tertiary/aromatic N) is 1. The van der Waals surface area contributed by atoms with Crippen LogP contribution in [0.2, 0.25) is 0 Å². The molecule has 0 radical (unpaired) electrons. The third-order valence-electron chi connectivity index (χ3n) is 5.26. The van der Waals surface area contributed by atoms with E-state index < -0.39 is 0 Å². The van der Waals surface area contributed by atoms with Gasteiger partial charge in [0, 0.05) is 12.5 Å². The molecule has 2 aromatic carbocycles. The Balaban J connectivity index is 1.44. The molecule has 0 aliphatic carbocycles. The molecular formula is C23H30N2O2. The molecule has 0 saturated carbocycles. The topological polar surface area (TPSA) is 41.6 Å². The number of hydrogen-bond donors (Lipinski definition) is 1. The van der Waals surface area contributed by atoms with E-state index in [4.69, 9.17) is 4.74 Å².